The molecule has 1 saturated heterocycles. The van der Waals surface area contributed by atoms with E-state index >= 15 is 0 Å². The van der Waals surface area contributed by atoms with Crippen molar-refractivity contribution in [3.63, 3.8) is 0 Å². The molecule has 1 aliphatic heterocycles. The molecule has 0 saturated carbocycles. The number of nitrogens with two attached hydrogens (primary N) is 1. The van der Waals surface area contributed by atoms with E-state index in [0.717, 1.165) is 11.3 Å². The average Bonchev–Trinajstić information content (AvgIpc) is 2.13. The van der Waals surface area contributed by atoms with Gasteiger partial charge in [-0.25, -0.2) is 0 Å². The normalized spacial score (nSPS) is 18.4. The van der Waals surface area contributed by atoms with E-state index in [2.05, 4.69) is 19.9 Å². The predicted octanol–water partition coefficient (Wildman–Crippen LogP) is 1.50. The Balaban J connectivity index is 2.53. The number of aryl methyl sites for hydroxylation is 2. The van der Waals surface area contributed by atoms with E-state index in [-0.39, 0.29) is 5.54 Å². The third-order valence-corrected chi connectivity index (χ3v) is 2.88. The topological polar surface area (TPSA) is 44.5 Å². The van der Waals surface area contributed by atoms with Gasteiger partial charge in [0.2, 0.25) is 0 Å². The Morgan fingerprint density at radius 1 is 1.33 bits per heavy atom. The molecule has 1 fully saturated rings. The average molecular weight is 207 g/mol. The molecule has 0 atom stereocenters. The van der Waals surface area contributed by atoms with Gasteiger partial charge in [-0.1, -0.05) is 6.07 Å². The summed E-state index contributed by atoms with van der Waals surface area (Å²) >= 11 is 0. The van der Waals surface area contributed by atoms with Crippen LogP contribution in [0.1, 0.15) is 16.7 Å². The maximum Gasteiger partial charge on any atom is 0.124 e. The molecule has 1 aliphatic rings. The van der Waals surface area contributed by atoms with Crippen molar-refractivity contribution in [1.82, 2.24) is 0 Å². The van der Waals surface area contributed by atoms with Gasteiger partial charge in [0.1, 0.15) is 5.75 Å². The third-order valence-electron chi connectivity index (χ3n) is 2.88. The maximum absolute atomic E-state index is 6.25. The summed E-state index contributed by atoms with van der Waals surface area (Å²) in [6, 6.07) is 4.15. The number of hydrogen-bond acceptors (Lipinski definition) is 3. The van der Waals surface area contributed by atoms with Crippen molar-refractivity contribution in [1.29, 1.82) is 0 Å². The minimum Gasteiger partial charge on any atom is -0.496 e. The van der Waals surface area contributed by atoms with Crippen LogP contribution < -0.4 is 10.5 Å². The number of rotatable bonds is 2. The second-order valence-electron chi connectivity index (χ2n) is 4.31. The molecule has 0 bridgehead atoms. The first-order valence-corrected chi connectivity index (χ1v) is 5.09. The zero-order valence-corrected chi connectivity index (χ0v) is 9.46. The summed E-state index contributed by atoms with van der Waals surface area (Å²) in [6.45, 7) is 5.28. The van der Waals surface area contributed by atoms with Crippen molar-refractivity contribution < 1.29 is 9.47 Å². The fourth-order valence-corrected chi connectivity index (χ4v) is 2.19. The lowest BCUT2D eigenvalue weighted by atomic mass is 9.84. The van der Waals surface area contributed by atoms with Gasteiger partial charge in [0.25, 0.3) is 0 Å². The first kappa shape index (κ1) is 10.5. The SMILES string of the molecule is COc1cc(C)cc(C)c1C1(N)COC1. The van der Waals surface area contributed by atoms with Crippen LogP contribution in [0.15, 0.2) is 12.1 Å². The summed E-state index contributed by atoms with van der Waals surface area (Å²) < 4.78 is 10.6. The number of hydrogen-bond donors (Lipinski definition) is 1. The van der Waals surface area contributed by atoms with E-state index in [4.69, 9.17) is 15.2 Å². The highest BCUT2D eigenvalue weighted by molar-refractivity contribution is 5.48. The van der Waals surface area contributed by atoms with Crippen LogP contribution in [0.25, 0.3) is 0 Å². The summed E-state index contributed by atoms with van der Waals surface area (Å²) in [5.41, 5.74) is 9.34. The first-order valence-electron chi connectivity index (χ1n) is 5.09. The number of ether oxygens (including phenoxy) is 2. The fraction of sp³-hybridized carbons (Fsp3) is 0.500. The Kier molecular flexibility index (Phi) is 2.44. The summed E-state index contributed by atoms with van der Waals surface area (Å²) in [7, 11) is 1.68. The van der Waals surface area contributed by atoms with Gasteiger partial charge in [-0.2, -0.15) is 0 Å². The monoisotopic (exact) mass is 207 g/mol. The zero-order valence-electron chi connectivity index (χ0n) is 9.46. The highest BCUT2D eigenvalue weighted by Gasteiger charge is 2.39. The smallest absolute Gasteiger partial charge is 0.124 e. The van der Waals surface area contributed by atoms with Crippen LogP contribution in [0.2, 0.25) is 0 Å². The highest BCUT2D eigenvalue weighted by Crippen LogP contribution is 2.36. The van der Waals surface area contributed by atoms with Crippen molar-refractivity contribution in [2.24, 2.45) is 5.73 Å². The molecule has 1 aromatic rings. The van der Waals surface area contributed by atoms with E-state index < -0.39 is 0 Å². The molecule has 2 N–H and O–H groups in total. The highest BCUT2D eigenvalue weighted by atomic mass is 16.5. The minimum absolute atomic E-state index is 0.358. The van der Waals surface area contributed by atoms with Crippen LogP contribution >= 0.6 is 0 Å². The molecule has 3 heteroatoms. The van der Waals surface area contributed by atoms with Gasteiger partial charge in [0, 0.05) is 5.56 Å². The first-order chi connectivity index (χ1) is 7.07. The Hall–Kier alpha value is -1.06. The standard InChI is InChI=1S/C12H17NO2/c1-8-4-9(2)11(10(5-8)14-3)12(13)6-15-7-12/h4-5H,6-7,13H2,1-3H3. The third kappa shape index (κ3) is 1.62. The molecular weight excluding hydrogens is 190 g/mol. The zero-order chi connectivity index (χ0) is 11.1. The molecule has 1 heterocycles. The summed E-state index contributed by atoms with van der Waals surface area (Å²) in [6.07, 6.45) is 0. The van der Waals surface area contributed by atoms with E-state index in [1.807, 2.05) is 6.07 Å². The Morgan fingerprint density at radius 2 is 2.00 bits per heavy atom. The van der Waals surface area contributed by atoms with Crippen LogP contribution in [-0.2, 0) is 10.3 Å². The van der Waals surface area contributed by atoms with E-state index in [0.29, 0.717) is 13.2 Å². The minimum atomic E-state index is -0.358. The lowest BCUT2D eigenvalue weighted by Gasteiger charge is -2.40. The molecule has 15 heavy (non-hydrogen) atoms. The largest absolute Gasteiger partial charge is 0.496 e. The Morgan fingerprint density at radius 3 is 2.47 bits per heavy atom. The Bertz CT molecular complexity index is 383. The number of methoxy groups -OCH3 is 1. The summed E-state index contributed by atoms with van der Waals surface area (Å²) in [5, 5.41) is 0. The van der Waals surface area contributed by atoms with Gasteiger partial charge in [0.05, 0.1) is 25.9 Å². The lowest BCUT2D eigenvalue weighted by molar-refractivity contribution is -0.0581. The quantitative estimate of drug-likeness (QED) is 0.799. The van der Waals surface area contributed by atoms with Gasteiger partial charge < -0.3 is 15.2 Å². The van der Waals surface area contributed by atoms with Crippen molar-refractivity contribution in [2.45, 2.75) is 19.4 Å². The molecule has 0 aromatic heterocycles. The van der Waals surface area contributed by atoms with E-state index in [1.165, 1.54) is 11.1 Å². The molecule has 0 unspecified atom stereocenters. The van der Waals surface area contributed by atoms with Crippen LogP contribution in [0, 0.1) is 13.8 Å². The van der Waals surface area contributed by atoms with E-state index in [9.17, 15) is 0 Å². The molecule has 1 aromatic carbocycles. The molecule has 0 spiro atoms. The van der Waals surface area contributed by atoms with Gasteiger partial charge in [-0.05, 0) is 31.0 Å². The van der Waals surface area contributed by atoms with Crippen LogP contribution in [-0.4, -0.2) is 20.3 Å². The van der Waals surface area contributed by atoms with Gasteiger partial charge in [-0.3, -0.25) is 0 Å². The van der Waals surface area contributed by atoms with Crippen LogP contribution in [0.4, 0.5) is 0 Å². The fourth-order valence-electron chi connectivity index (χ4n) is 2.19. The Labute approximate surface area is 90.2 Å². The van der Waals surface area contributed by atoms with Crippen molar-refractivity contribution >= 4 is 0 Å². The summed E-state index contributed by atoms with van der Waals surface area (Å²) in [5.74, 6) is 0.873. The predicted molar refractivity (Wildman–Crippen MR) is 59.2 cm³/mol. The van der Waals surface area contributed by atoms with Crippen molar-refractivity contribution in [3.05, 3.63) is 28.8 Å². The lowest BCUT2D eigenvalue weighted by Crippen LogP contribution is -2.54. The van der Waals surface area contributed by atoms with Gasteiger partial charge in [-0.15, -0.1) is 0 Å². The molecule has 0 amide bonds. The number of benzene rings is 1. The van der Waals surface area contributed by atoms with Crippen LogP contribution in [0.3, 0.4) is 0 Å². The second-order valence-corrected chi connectivity index (χ2v) is 4.31. The maximum atomic E-state index is 6.25. The van der Waals surface area contributed by atoms with Crippen LogP contribution in [0.5, 0.6) is 5.75 Å². The second kappa shape index (κ2) is 3.51. The van der Waals surface area contributed by atoms with Gasteiger partial charge in [0.15, 0.2) is 0 Å². The molecule has 3 nitrogen and oxygen atoms in total. The molecule has 0 radical (unpaired) electrons. The van der Waals surface area contributed by atoms with E-state index in [1.54, 1.807) is 7.11 Å². The molecule has 82 valence electrons. The van der Waals surface area contributed by atoms with Crippen molar-refractivity contribution in [2.75, 3.05) is 20.3 Å². The van der Waals surface area contributed by atoms with Gasteiger partial charge >= 0.3 is 0 Å². The molecule has 2 rings (SSSR count). The molecule has 0 aliphatic carbocycles. The molecular formula is C12H17NO2. The summed E-state index contributed by atoms with van der Waals surface area (Å²) in [4.78, 5) is 0. The van der Waals surface area contributed by atoms with Crippen molar-refractivity contribution in [3.8, 4) is 5.75 Å².